The molecule has 2 aromatic rings. The Hall–Kier alpha value is -1.62. The van der Waals surface area contributed by atoms with Crippen molar-refractivity contribution in [2.24, 2.45) is 0 Å². The van der Waals surface area contributed by atoms with Crippen LogP contribution in [0, 0.1) is 0 Å². The summed E-state index contributed by atoms with van der Waals surface area (Å²) < 4.78 is 0. The first-order valence-electron chi connectivity index (χ1n) is 6.15. The Balaban J connectivity index is 1.87. The number of H-pyrrole nitrogens is 1. The molecule has 0 radical (unpaired) electrons. The number of nitrogens with one attached hydrogen (secondary N) is 1. The van der Waals surface area contributed by atoms with Gasteiger partial charge in [0.05, 0.1) is 11.2 Å². The molecule has 1 fully saturated rings. The molecule has 0 atom stereocenters. The number of likely N-dealkylation sites (N-methyl/N-ethyl adjacent to an activating group) is 1. The minimum Gasteiger partial charge on any atom is -0.367 e. The van der Waals surface area contributed by atoms with E-state index in [1.165, 1.54) is 5.69 Å². The summed E-state index contributed by atoms with van der Waals surface area (Å²) in [6, 6.07) is 6.21. The SMILES string of the molecule is CCN1CCN(c2cccc3[nH]nnc23)CC1. The second kappa shape index (κ2) is 4.33. The normalized spacial score (nSPS) is 17.8. The van der Waals surface area contributed by atoms with Crippen molar-refractivity contribution in [1.82, 2.24) is 20.3 Å². The van der Waals surface area contributed by atoms with Gasteiger partial charge in [-0.3, -0.25) is 5.10 Å². The van der Waals surface area contributed by atoms with E-state index in [0.717, 1.165) is 43.8 Å². The van der Waals surface area contributed by atoms with Crippen molar-refractivity contribution in [3.8, 4) is 0 Å². The fourth-order valence-corrected chi connectivity index (χ4v) is 2.42. The molecule has 1 aromatic carbocycles. The maximum absolute atomic E-state index is 4.17. The summed E-state index contributed by atoms with van der Waals surface area (Å²) in [6.45, 7) is 7.76. The largest absolute Gasteiger partial charge is 0.367 e. The second-order valence-corrected chi connectivity index (χ2v) is 4.41. The number of nitrogens with zero attached hydrogens (tertiary/aromatic N) is 4. The number of piperazine rings is 1. The number of hydrogen-bond acceptors (Lipinski definition) is 4. The van der Waals surface area contributed by atoms with Crippen molar-refractivity contribution in [1.29, 1.82) is 0 Å². The summed E-state index contributed by atoms with van der Waals surface area (Å²) >= 11 is 0. The molecule has 17 heavy (non-hydrogen) atoms. The highest BCUT2D eigenvalue weighted by molar-refractivity contribution is 5.87. The lowest BCUT2D eigenvalue weighted by Gasteiger charge is -2.35. The lowest BCUT2D eigenvalue weighted by molar-refractivity contribution is 0.271. The van der Waals surface area contributed by atoms with E-state index >= 15 is 0 Å². The molecule has 0 amide bonds. The van der Waals surface area contributed by atoms with E-state index in [9.17, 15) is 0 Å². The van der Waals surface area contributed by atoms with Gasteiger partial charge in [-0.15, -0.1) is 5.10 Å². The maximum Gasteiger partial charge on any atom is 0.136 e. The molecule has 90 valence electrons. The van der Waals surface area contributed by atoms with E-state index in [0.29, 0.717) is 0 Å². The number of aromatic amines is 1. The highest BCUT2D eigenvalue weighted by atomic mass is 15.3. The zero-order chi connectivity index (χ0) is 11.7. The molecule has 0 unspecified atom stereocenters. The van der Waals surface area contributed by atoms with Crippen molar-refractivity contribution in [2.75, 3.05) is 37.6 Å². The van der Waals surface area contributed by atoms with Gasteiger partial charge < -0.3 is 9.80 Å². The van der Waals surface area contributed by atoms with Crippen molar-refractivity contribution < 1.29 is 0 Å². The van der Waals surface area contributed by atoms with Gasteiger partial charge in [0.25, 0.3) is 0 Å². The third-order valence-corrected chi connectivity index (χ3v) is 3.50. The number of anilines is 1. The first kappa shape index (κ1) is 10.5. The van der Waals surface area contributed by atoms with Crippen LogP contribution in [0.15, 0.2) is 18.2 Å². The molecule has 0 saturated carbocycles. The molecule has 3 rings (SSSR count). The smallest absolute Gasteiger partial charge is 0.136 e. The van der Waals surface area contributed by atoms with Gasteiger partial charge in [-0.1, -0.05) is 18.2 Å². The van der Waals surface area contributed by atoms with E-state index in [1.54, 1.807) is 0 Å². The third kappa shape index (κ3) is 1.86. The van der Waals surface area contributed by atoms with Gasteiger partial charge in [0.1, 0.15) is 5.52 Å². The van der Waals surface area contributed by atoms with Crippen LogP contribution in [-0.4, -0.2) is 53.0 Å². The van der Waals surface area contributed by atoms with E-state index < -0.39 is 0 Å². The standard InChI is InChI=1S/C12H17N5/c1-2-16-6-8-17(9-7-16)11-5-3-4-10-12(11)14-15-13-10/h3-5H,2,6-9H2,1H3,(H,13,14,15). The van der Waals surface area contributed by atoms with Crippen LogP contribution in [0.1, 0.15) is 6.92 Å². The molecule has 5 heteroatoms. The van der Waals surface area contributed by atoms with Crippen LogP contribution in [0.4, 0.5) is 5.69 Å². The van der Waals surface area contributed by atoms with Crippen LogP contribution >= 0.6 is 0 Å². The number of rotatable bonds is 2. The molecule has 1 saturated heterocycles. The molecular weight excluding hydrogens is 214 g/mol. The topological polar surface area (TPSA) is 48.0 Å². The summed E-state index contributed by atoms with van der Waals surface area (Å²) in [5, 5.41) is 11.0. The van der Waals surface area contributed by atoms with Gasteiger partial charge in [0.15, 0.2) is 0 Å². The Bertz CT molecular complexity index is 498. The molecule has 5 nitrogen and oxygen atoms in total. The third-order valence-electron chi connectivity index (χ3n) is 3.50. The Morgan fingerprint density at radius 3 is 2.82 bits per heavy atom. The van der Waals surface area contributed by atoms with Crippen molar-refractivity contribution in [3.63, 3.8) is 0 Å². The lowest BCUT2D eigenvalue weighted by atomic mass is 10.2. The van der Waals surface area contributed by atoms with E-state index in [4.69, 9.17) is 0 Å². The van der Waals surface area contributed by atoms with Gasteiger partial charge in [-0.2, -0.15) is 0 Å². The summed E-state index contributed by atoms with van der Waals surface area (Å²) in [6.07, 6.45) is 0. The fourth-order valence-electron chi connectivity index (χ4n) is 2.42. The van der Waals surface area contributed by atoms with Gasteiger partial charge in [-0.25, -0.2) is 0 Å². The number of benzene rings is 1. The van der Waals surface area contributed by atoms with E-state index in [2.05, 4.69) is 44.3 Å². The minimum absolute atomic E-state index is 0.984. The Labute approximate surface area is 100 Å². The fraction of sp³-hybridized carbons (Fsp3) is 0.500. The highest BCUT2D eigenvalue weighted by Gasteiger charge is 2.18. The van der Waals surface area contributed by atoms with E-state index in [1.807, 2.05) is 6.07 Å². The number of aromatic nitrogens is 3. The lowest BCUT2D eigenvalue weighted by Crippen LogP contribution is -2.46. The van der Waals surface area contributed by atoms with Crippen molar-refractivity contribution in [2.45, 2.75) is 6.92 Å². The summed E-state index contributed by atoms with van der Waals surface area (Å²) in [7, 11) is 0. The Morgan fingerprint density at radius 2 is 2.06 bits per heavy atom. The van der Waals surface area contributed by atoms with Gasteiger partial charge >= 0.3 is 0 Å². The molecule has 1 N–H and O–H groups in total. The second-order valence-electron chi connectivity index (χ2n) is 4.41. The zero-order valence-electron chi connectivity index (χ0n) is 10.1. The van der Waals surface area contributed by atoms with Crippen LogP contribution < -0.4 is 4.90 Å². The quantitative estimate of drug-likeness (QED) is 0.841. The monoisotopic (exact) mass is 231 g/mol. The molecule has 1 aliphatic heterocycles. The van der Waals surface area contributed by atoms with Crippen LogP contribution in [0.3, 0.4) is 0 Å². The minimum atomic E-state index is 0.984. The number of fused-ring (bicyclic) bond motifs is 1. The maximum atomic E-state index is 4.17. The average molecular weight is 231 g/mol. The summed E-state index contributed by atoms with van der Waals surface area (Å²) in [5.41, 5.74) is 3.20. The van der Waals surface area contributed by atoms with Crippen molar-refractivity contribution in [3.05, 3.63) is 18.2 Å². The Morgan fingerprint density at radius 1 is 1.24 bits per heavy atom. The van der Waals surface area contributed by atoms with Gasteiger partial charge in [-0.05, 0) is 18.7 Å². The molecule has 1 aromatic heterocycles. The first-order valence-corrected chi connectivity index (χ1v) is 6.15. The molecule has 0 bridgehead atoms. The van der Waals surface area contributed by atoms with Gasteiger partial charge in [0.2, 0.25) is 0 Å². The summed E-state index contributed by atoms with van der Waals surface area (Å²) in [4.78, 5) is 4.87. The van der Waals surface area contributed by atoms with Gasteiger partial charge in [0, 0.05) is 26.2 Å². The predicted octanol–water partition coefficient (Wildman–Crippen LogP) is 1.10. The molecular formula is C12H17N5. The van der Waals surface area contributed by atoms with Crippen LogP contribution in [0.2, 0.25) is 0 Å². The van der Waals surface area contributed by atoms with Crippen molar-refractivity contribution >= 4 is 16.7 Å². The zero-order valence-corrected chi connectivity index (χ0v) is 10.1. The molecule has 1 aliphatic rings. The first-order chi connectivity index (χ1) is 8.38. The van der Waals surface area contributed by atoms with Crippen LogP contribution in [0.5, 0.6) is 0 Å². The average Bonchev–Trinajstić information content (AvgIpc) is 2.87. The number of hydrogen-bond donors (Lipinski definition) is 1. The summed E-state index contributed by atoms with van der Waals surface area (Å²) in [5.74, 6) is 0. The predicted molar refractivity (Wildman–Crippen MR) is 68.2 cm³/mol. The van der Waals surface area contributed by atoms with E-state index in [-0.39, 0.29) is 0 Å². The van der Waals surface area contributed by atoms with Crippen LogP contribution in [-0.2, 0) is 0 Å². The molecule has 2 heterocycles. The van der Waals surface area contributed by atoms with Crippen LogP contribution in [0.25, 0.3) is 11.0 Å². The Kier molecular flexibility index (Phi) is 2.68. The molecule has 0 spiro atoms. The molecule has 0 aliphatic carbocycles. The highest BCUT2D eigenvalue weighted by Crippen LogP contribution is 2.24.